The van der Waals surface area contributed by atoms with Crippen molar-refractivity contribution in [3.63, 3.8) is 0 Å². The van der Waals surface area contributed by atoms with Crippen LogP contribution in [0.1, 0.15) is 26.3 Å². The van der Waals surface area contributed by atoms with E-state index >= 15 is 0 Å². The van der Waals surface area contributed by atoms with Crippen LogP contribution < -0.4 is 19.1 Å². The Morgan fingerprint density at radius 1 is 0.966 bits per heavy atom. The Hall–Kier alpha value is -2.74. The van der Waals surface area contributed by atoms with Gasteiger partial charge in [-0.1, -0.05) is 12.1 Å². The van der Waals surface area contributed by atoms with E-state index in [-0.39, 0.29) is 6.54 Å². The van der Waals surface area contributed by atoms with Gasteiger partial charge in [0.05, 0.1) is 25.2 Å². The summed E-state index contributed by atoms with van der Waals surface area (Å²) in [7, 11) is -3.67. The minimum Gasteiger partial charge on any atom is -0.494 e. The number of carbonyl (C=O) groups excluding carboxylic acids is 1. The smallest absolute Gasteiger partial charge is 0.243 e. The lowest BCUT2D eigenvalue weighted by molar-refractivity contribution is -0.122. The molecule has 0 heterocycles. The van der Waals surface area contributed by atoms with E-state index in [1.807, 2.05) is 38.1 Å². The van der Waals surface area contributed by atoms with Crippen LogP contribution in [0.25, 0.3) is 0 Å². The SMILES string of the molecule is CCOc1ccc(CNC(=O)[C@@H](C)N(c2ccc(OCC)cc2)S(C)(=O)=O)cc1. The van der Waals surface area contributed by atoms with Gasteiger partial charge in [0.15, 0.2) is 0 Å². The van der Waals surface area contributed by atoms with Crippen LogP contribution in [0.2, 0.25) is 0 Å². The molecule has 158 valence electrons. The lowest BCUT2D eigenvalue weighted by Gasteiger charge is -2.28. The number of nitrogens with zero attached hydrogens (tertiary/aromatic N) is 1. The van der Waals surface area contributed by atoms with Crippen molar-refractivity contribution in [3.05, 3.63) is 54.1 Å². The van der Waals surface area contributed by atoms with Crippen molar-refractivity contribution >= 4 is 21.6 Å². The van der Waals surface area contributed by atoms with E-state index in [1.165, 1.54) is 0 Å². The topological polar surface area (TPSA) is 84.9 Å². The number of nitrogens with one attached hydrogen (secondary N) is 1. The maximum Gasteiger partial charge on any atom is 0.243 e. The summed E-state index contributed by atoms with van der Waals surface area (Å²) >= 11 is 0. The predicted octanol–water partition coefficient (Wildman–Crippen LogP) is 2.95. The summed E-state index contributed by atoms with van der Waals surface area (Å²) in [5, 5.41) is 2.79. The second kappa shape index (κ2) is 10.2. The molecule has 2 aromatic carbocycles. The molecular weight excluding hydrogens is 392 g/mol. The van der Waals surface area contributed by atoms with Crippen LogP contribution in [-0.4, -0.2) is 39.8 Å². The van der Waals surface area contributed by atoms with Crippen molar-refractivity contribution in [2.45, 2.75) is 33.4 Å². The highest BCUT2D eigenvalue weighted by atomic mass is 32.2. The third-order valence-corrected chi connectivity index (χ3v) is 5.43. The monoisotopic (exact) mass is 420 g/mol. The van der Waals surface area contributed by atoms with E-state index in [1.54, 1.807) is 31.2 Å². The van der Waals surface area contributed by atoms with Gasteiger partial charge in [-0.25, -0.2) is 8.42 Å². The molecule has 8 heteroatoms. The summed E-state index contributed by atoms with van der Waals surface area (Å²) in [6, 6.07) is 13.1. The molecule has 0 fully saturated rings. The summed E-state index contributed by atoms with van der Waals surface area (Å²) < 4.78 is 36.6. The standard InChI is InChI=1S/C21H28N2O5S/c1-5-27-19-11-7-17(8-12-19)15-22-21(24)16(3)23(29(4,25)26)18-9-13-20(14-10-18)28-6-2/h7-14,16H,5-6,15H2,1-4H3,(H,22,24)/t16-/m1/s1. The Bertz CT molecular complexity index is 896. The fourth-order valence-electron chi connectivity index (χ4n) is 2.87. The molecule has 0 spiro atoms. The Morgan fingerprint density at radius 3 is 1.90 bits per heavy atom. The highest BCUT2D eigenvalue weighted by Crippen LogP contribution is 2.24. The summed E-state index contributed by atoms with van der Waals surface area (Å²) in [6.07, 6.45) is 1.08. The van der Waals surface area contributed by atoms with Crippen LogP contribution in [-0.2, 0) is 21.4 Å². The number of hydrogen-bond acceptors (Lipinski definition) is 5. The number of carbonyl (C=O) groups is 1. The molecule has 0 saturated heterocycles. The van der Waals surface area contributed by atoms with E-state index in [9.17, 15) is 13.2 Å². The second-order valence-corrected chi connectivity index (χ2v) is 8.32. The van der Waals surface area contributed by atoms with Gasteiger partial charge in [0.25, 0.3) is 0 Å². The first-order valence-corrected chi connectivity index (χ1v) is 11.3. The van der Waals surface area contributed by atoms with E-state index in [0.717, 1.165) is 21.9 Å². The lowest BCUT2D eigenvalue weighted by atomic mass is 10.2. The zero-order valence-corrected chi connectivity index (χ0v) is 18.0. The first kappa shape index (κ1) is 22.5. The molecule has 0 aliphatic rings. The summed E-state index contributed by atoms with van der Waals surface area (Å²) in [6.45, 7) is 6.72. The normalized spacial score (nSPS) is 12.1. The van der Waals surface area contributed by atoms with Gasteiger partial charge < -0.3 is 14.8 Å². The number of sulfonamides is 1. The van der Waals surface area contributed by atoms with E-state index < -0.39 is 22.0 Å². The van der Waals surface area contributed by atoms with Crippen LogP contribution in [0, 0.1) is 0 Å². The van der Waals surface area contributed by atoms with Crippen molar-refractivity contribution in [1.29, 1.82) is 0 Å². The predicted molar refractivity (Wildman–Crippen MR) is 114 cm³/mol. The Morgan fingerprint density at radius 2 is 1.45 bits per heavy atom. The quantitative estimate of drug-likeness (QED) is 0.639. The van der Waals surface area contributed by atoms with Gasteiger partial charge >= 0.3 is 0 Å². The van der Waals surface area contributed by atoms with Gasteiger partial charge in [-0.05, 0) is 62.7 Å². The third kappa shape index (κ3) is 6.39. The highest BCUT2D eigenvalue weighted by molar-refractivity contribution is 7.92. The van der Waals surface area contributed by atoms with Crippen LogP contribution in [0.3, 0.4) is 0 Å². The molecule has 1 atom stereocenters. The minimum atomic E-state index is -3.67. The maximum atomic E-state index is 12.7. The zero-order chi connectivity index (χ0) is 21.4. The molecule has 0 aliphatic carbocycles. The second-order valence-electron chi connectivity index (χ2n) is 6.46. The first-order chi connectivity index (χ1) is 13.8. The molecule has 29 heavy (non-hydrogen) atoms. The zero-order valence-electron chi connectivity index (χ0n) is 17.2. The Balaban J connectivity index is 2.10. The van der Waals surface area contributed by atoms with Crippen molar-refractivity contribution < 1.29 is 22.7 Å². The van der Waals surface area contributed by atoms with Crippen LogP contribution >= 0.6 is 0 Å². The third-order valence-electron chi connectivity index (χ3n) is 4.19. The molecule has 0 unspecified atom stereocenters. The van der Waals surface area contributed by atoms with E-state index in [4.69, 9.17) is 9.47 Å². The Labute approximate surface area is 172 Å². The van der Waals surface area contributed by atoms with Gasteiger partial charge in [0.2, 0.25) is 15.9 Å². The average molecular weight is 421 g/mol. The minimum absolute atomic E-state index is 0.288. The van der Waals surface area contributed by atoms with E-state index in [2.05, 4.69) is 5.32 Å². The molecule has 1 amide bonds. The van der Waals surface area contributed by atoms with Gasteiger partial charge in [0, 0.05) is 6.54 Å². The van der Waals surface area contributed by atoms with Crippen molar-refractivity contribution in [1.82, 2.24) is 5.32 Å². The number of anilines is 1. The van der Waals surface area contributed by atoms with E-state index in [0.29, 0.717) is 24.7 Å². The number of rotatable bonds is 10. The van der Waals surface area contributed by atoms with Crippen LogP contribution in [0.4, 0.5) is 5.69 Å². The lowest BCUT2D eigenvalue weighted by Crippen LogP contribution is -2.47. The largest absolute Gasteiger partial charge is 0.494 e. The van der Waals surface area contributed by atoms with Crippen molar-refractivity contribution in [2.24, 2.45) is 0 Å². The molecule has 0 bridgehead atoms. The molecule has 0 aromatic heterocycles. The Kier molecular flexibility index (Phi) is 7.90. The molecule has 2 aromatic rings. The van der Waals surface area contributed by atoms with Crippen molar-refractivity contribution in [2.75, 3.05) is 23.8 Å². The summed E-state index contributed by atoms with van der Waals surface area (Å²) in [5.74, 6) is 1.00. The highest BCUT2D eigenvalue weighted by Gasteiger charge is 2.29. The number of ether oxygens (including phenoxy) is 2. The van der Waals surface area contributed by atoms with Crippen molar-refractivity contribution in [3.8, 4) is 11.5 Å². The molecule has 0 radical (unpaired) electrons. The number of benzene rings is 2. The molecule has 0 saturated carbocycles. The fourth-order valence-corrected chi connectivity index (χ4v) is 4.05. The van der Waals surface area contributed by atoms with Gasteiger partial charge in [-0.15, -0.1) is 0 Å². The van der Waals surface area contributed by atoms with Crippen LogP contribution in [0.5, 0.6) is 11.5 Å². The molecular formula is C21H28N2O5S. The molecule has 2 rings (SSSR count). The van der Waals surface area contributed by atoms with Gasteiger partial charge in [0.1, 0.15) is 17.5 Å². The van der Waals surface area contributed by atoms with Gasteiger partial charge in [-0.2, -0.15) is 0 Å². The van der Waals surface area contributed by atoms with Gasteiger partial charge in [-0.3, -0.25) is 9.10 Å². The number of hydrogen-bond donors (Lipinski definition) is 1. The number of amides is 1. The van der Waals surface area contributed by atoms with Crippen LogP contribution in [0.15, 0.2) is 48.5 Å². The summed E-state index contributed by atoms with van der Waals surface area (Å²) in [5.41, 5.74) is 1.29. The average Bonchev–Trinajstić information content (AvgIpc) is 2.68. The fraction of sp³-hybridized carbons (Fsp3) is 0.381. The molecule has 0 aliphatic heterocycles. The first-order valence-electron chi connectivity index (χ1n) is 9.48. The molecule has 1 N–H and O–H groups in total. The maximum absolute atomic E-state index is 12.7. The molecule has 7 nitrogen and oxygen atoms in total. The summed E-state index contributed by atoms with van der Waals surface area (Å²) in [4.78, 5) is 12.7.